The standard InChI is InChI=1S/C15H21N3O/c1-9-13(8-16-10(2)17-9)15(19)18-14-7-6-11-4-3-5-12(11)14/h8,11-12,14H,3-7H2,1-2H3,(H,18,19)/t11-,12-,14-/m1/s1. The third-order valence-electron chi connectivity index (χ3n) is 4.74. The molecule has 0 unspecified atom stereocenters. The molecule has 2 saturated carbocycles. The van der Waals surface area contributed by atoms with Crippen molar-refractivity contribution in [1.82, 2.24) is 15.3 Å². The zero-order chi connectivity index (χ0) is 13.4. The molecule has 0 radical (unpaired) electrons. The van der Waals surface area contributed by atoms with Crippen molar-refractivity contribution in [2.45, 2.75) is 52.0 Å². The number of carbonyl (C=O) groups excluding carboxylic acids is 1. The van der Waals surface area contributed by atoms with E-state index >= 15 is 0 Å². The van der Waals surface area contributed by atoms with Crippen molar-refractivity contribution in [3.8, 4) is 0 Å². The predicted molar refractivity (Wildman–Crippen MR) is 72.8 cm³/mol. The molecule has 1 amide bonds. The molecule has 0 saturated heterocycles. The molecule has 1 heterocycles. The van der Waals surface area contributed by atoms with Crippen molar-refractivity contribution in [3.05, 3.63) is 23.3 Å². The number of rotatable bonds is 2. The van der Waals surface area contributed by atoms with E-state index in [1.54, 1.807) is 6.20 Å². The van der Waals surface area contributed by atoms with Gasteiger partial charge in [0, 0.05) is 12.2 Å². The highest BCUT2D eigenvalue weighted by molar-refractivity contribution is 5.95. The van der Waals surface area contributed by atoms with Crippen LogP contribution in [0.5, 0.6) is 0 Å². The number of aromatic nitrogens is 2. The van der Waals surface area contributed by atoms with Crippen LogP contribution < -0.4 is 5.32 Å². The quantitative estimate of drug-likeness (QED) is 0.887. The van der Waals surface area contributed by atoms with Gasteiger partial charge in [0.15, 0.2) is 0 Å². The van der Waals surface area contributed by atoms with E-state index in [2.05, 4.69) is 15.3 Å². The van der Waals surface area contributed by atoms with E-state index < -0.39 is 0 Å². The van der Waals surface area contributed by atoms with E-state index in [-0.39, 0.29) is 5.91 Å². The van der Waals surface area contributed by atoms with Gasteiger partial charge in [-0.2, -0.15) is 0 Å². The first-order valence-corrected chi connectivity index (χ1v) is 7.26. The summed E-state index contributed by atoms with van der Waals surface area (Å²) in [6.07, 6.45) is 8.01. The summed E-state index contributed by atoms with van der Waals surface area (Å²) in [6, 6.07) is 0.362. The lowest BCUT2D eigenvalue weighted by Gasteiger charge is -2.20. The van der Waals surface area contributed by atoms with Crippen LogP contribution in [0.2, 0.25) is 0 Å². The van der Waals surface area contributed by atoms with Gasteiger partial charge in [0.05, 0.1) is 11.3 Å². The van der Waals surface area contributed by atoms with Gasteiger partial charge in [-0.15, -0.1) is 0 Å². The Bertz CT molecular complexity index is 500. The molecule has 19 heavy (non-hydrogen) atoms. The van der Waals surface area contributed by atoms with Crippen LogP contribution in [0.4, 0.5) is 0 Å². The molecular formula is C15H21N3O. The van der Waals surface area contributed by atoms with Crippen molar-refractivity contribution < 1.29 is 4.79 Å². The van der Waals surface area contributed by atoms with Gasteiger partial charge in [-0.05, 0) is 44.9 Å². The van der Waals surface area contributed by atoms with Crippen LogP contribution in [0.15, 0.2) is 6.20 Å². The maximum atomic E-state index is 12.3. The van der Waals surface area contributed by atoms with Gasteiger partial charge in [0.2, 0.25) is 0 Å². The molecule has 2 aliphatic carbocycles. The number of hydrogen-bond acceptors (Lipinski definition) is 3. The van der Waals surface area contributed by atoms with Gasteiger partial charge < -0.3 is 5.32 Å². The molecule has 1 aromatic heterocycles. The molecular weight excluding hydrogens is 238 g/mol. The number of amides is 1. The molecule has 3 atom stereocenters. The number of hydrogen-bond donors (Lipinski definition) is 1. The maximum absolute atomic E-state index is 12.3. The number of nitrogens with zero attached hydrogens (tertiary/aromatic N) is 2. The van der Waals surface area contributed by atoms with Gasteiger partial charge in [0.1, 0.15) is 5.82 Å². The summed E-state index contributed by atoms with van der Waals surface area (Å²) in [7, 11) is 0. The van der Waals surface area contributed by atoms with Gasteiger partial charge in [-0.3, -0.25) is 4.79 Å². The fourth-order valence-electron chi connectivity index (χ4n) is 3.79. The monoisotopic (exact) mass is 259 g/mol. The molecule has 102 valence electrons. The Hall–Kier alpha value is -1.45. The summed E-state index contributed by atoms with van der Waals surface area (Å²) >= 11 is 0. The minimum atomic E-state index is -0.00458. The summed E-state index contributed by atoms with van der Waals surface area (Å²) in [6.45, 7) is 3.71. The Balaban J connectivity index is 1.71. The number of fused-ring (bicyclic) bond motifs is 1. The Labute approximate surface area is 114 Å². The number of carbonyl (C=O) groups is 1. The van der Waals surface area contributed by atoms with E-state index in [0.29, 0.717) is 23.3 Å². The Morgan fingerprint density at radius 3 is 2.89 bits per heavy atom. The van der Waals surface area contributed by atoms with Crippen LogP contribution in [-0.2, 0) is 0 Å². The zero-order valence-corrected chi connectivity index (χ0v) is 11.6. The molecule has 3 rings (SSSR count). The second kappa shape index (κ2) is 4.91. The van der Waals surface area contributed by atoms with Crippen LogP contribution in [0.1, 0.15) is 54.0 Å². The van der Waals surface area contributed by atoms with Gasteiger partial charge in [-0.25, -0.2) is 9.97 Å². The van der Waals surface area contributed by atoms with Gasteiger partial charge in [-0.1, -0.05) is 12.8 Å². The molecule has 1 N–H and O–H groups in total. The van der Waals surface area contributed by atoms with Crippen molar-refractivity contribution in [2.24, 2.45) is 11.8 Å². The van der Waals surface area contributed by atoms with E-state index in [1.165, 1.54) is 25.7 Å². The average molecular weight is 259 g/mol. The highest BCUT2D eigenvalue weighted by Gasteiger charge is 2.39. The predicted octanol–water partition coefficient (Wildman–Crippen LogP) is 2.40. The van der Waals surface area contributed by atoms with Crippen LogP contribution in [-0.4, -0.2) is 21.9 Å². The Morgan fingerprint density at radius 1 is 1.26 bits per heavy atom. The SMILES string of the molecule is Cc1ncc(C(=O)N[C@@H]2CC[C@H]3CCC[C@H]32)c(C)n1. The second-order valence-corrected chi connectivity index (χ2v) is 5.93. The molecule has 4 nitrogen and oxygen atoms in total. The largest absolute Gasteiger partial charge is 0.349 e. The fourth-order valence-corrected chi connectivity index (χ4v) is 3.79. The molecule has 0 spiro atoms. The van der Waals surface area contributed by atoms with Gasteiger partial charge >= 0.3 is 0 Å². The minimum Gasteiger partial charge on any atom is -0.349 e. The van der Waals surface area contributed by atoms with Crippen LogP contribution >= 0.6 is 0 Å². The third-order valence-corrected chi connectivity index (χ3v) is 4.74. The summed E-state index contributed by atoms with van der Waals surface area (Å²) in [5, 5.41) is 3.21. The summed E-state index contributed by atoms with van der Waals surface area (Å²) in [4.78, 5) is 20.7. The normalized spacial score (nSPS) is 29.3. The molecule has 0 bridgehead atoms. The van der Waals surface area contributed by atoms with Crippen molar-refractivity contribution in [3.63, 3.8) is 0 Å². The first kappa shape index (κ1) is 12.6. The number of nitrogens with one attached hydrogen (secondary N) is 1. The highest BCUT2D eigenvalue weighted by Crippen LogP contribution is 2.44. The lowest BCUT2D eigenvalue weighted by atomic mass is 9.97. The first-order valence-electron chi connectivity index (χ1n) is 7.26. The van der Waals surface area contributed by atoms with E-state index in [4.69, 9.17) is 0 Å². The fraction of sp³-hybridized carbons (Fsp3) is 0.667. The van der Waals surface area contributed by atoms with Crippen molar-refractivity contribution in [1.29, 1.82) is 0 Å². The Morgan fingerprint density at radius 2 is 2.11 bits per heavy atom. The third kappa shape index (κ3) is 2.36. The highest BCUT2D eigenvalue weighted by atomic mass is 16.1. The summed E-state index contributed by atoms with van der Waals surface area (Å²) in [5.74, 6) is 2.26. The van der Waals surface area contributed by atoms with Gasteiger partial charge in [0.25, 0.3) is 5.91 Å². The number of aryl methyl sites for hydroxylation is 2. The molecule has 2 aliphatic rings. The smallest absolute Gasteiger partial charge is 0.254 e. The van der Waals surface area contributed by atoms with Crippen LogP contribution in [0.25, 0.3) is 0 Å². The molecule has 4 heteroatoms. The van der Waals surface area contributed by atoms with Crippen molar-refractivity contribution >= 4 is 5.91 Å². The zero-order valence-electron chi connectivity index (χ0n) is 11.6. The summed E-state index contributed by atoms with van der Waals surface area (Å²) in [5.41, 5.74) is 1.39. The lowest BCUT2D eigenvalue weighted by molar-refractivity contribution is 0.0925. The van der Waals surface area contributed by atoms with E-state index in [9.17, 15) is 4.79 Å². The topological polar surface area (TPSA) is 54.9 Å². The van der Waals surface area contributed by atoms with E-state index in [1.807, 2.05) is 13.8 Å². The van der Waals surface area contributed by atoms with Crippen LogP contribution in [0, 0.1) is 25.7 Å². The van der Waals surface area contributed by atoms with Crippen molar-refractivity contribution in [2.75, 3.05) is 0 Å². The average Bonchev–Trinajstić information content (AvgIpc) is 2.94. The summed E-state index contributed by atoms with van der Waals surface area (Å²) < 4.78 is 0. The lowest BCUT2D eigenvalue weighted by Crippen LogP contribution is -2.38. The maximum Gasteiger partial charge on any atom is 0.254 e. The molecule has 2 fully saturated rings. The molecule has 1 aromatic rings. The molecule has 0 aromatic carbocycles. The molecule has 0 aliphatic heterocycles. The van der Waals surface area contributed by atoms with Crippen LogP contribution in [0.3, 0.4) is 0 Å². The minimum absolute atomic E-state index is 0.00458. The Kier molecular flexibility index (Phi) is 3.25. The first-order chi connectivity index (χ1) is 9.15. The van der Waals surface area contributed by atoms with E-state index in [0.717, 1.165) is 18.0 Å². The second-order valence-electron chi connectivity index (χ2n) is 5.93.